The SMILES string of the molecule is Cc1ccccc1C(=Nc1ccc(NCCN)cc1)c1ccccc1C. The molecular weight excluding hydrogens is 318 g/mol. The molecule has 0 radical (unpaired) electrons. The van der Waals surface area contributed by atoms with Gasteiger partial charge in [-0.05, 0) is 49.2 Å². The molecule has 0 amide bonds. The molecule has 3 nitrogen and oxygen atoms in total. The largest absolute Gasteiger partial charge is 0.384 e. The van der Waals surface area contributed by atoms with Gasteiger partial charge in [0.25, 0.3) is 0 Å². The van der Waals surface area contributed by atoms with Crippen molar-refractivity contribution in [3.63, 3.8) is 0 Å². The smallest absolute Gasteiger partial charge is 0.0786 e. The Bertz CT molecular complexity index is 848. The molecule has 3 heteroatoms. The van der Waals surface area contributed by atoms with Crippen LogP contribution in [0.4, 0.5) is 11.4 Å². The van der Waals surface area contributed by atoms with Gasteiger partial charge < -0.3 is 11.1 Å². The van der Waals surface area contributed by atoms with E-state index in [4.69, 9.17) is 10.7 Å². The Balaban J connectivity index is 2.05. The van der Waals surface area contributed by atoms with Crippen LogP contribution in [0.5, 0.6) is 0 Å². The predicted octanol–water partition coefficient (Wildman–Crippen LogP) is 4.84. The first-order valence-corrected chi connectivity index (χ1v) is 8.94. The number of anilines is 1. The molecule has 3 aromatic carbocycles. The highest BCUT2D eigenvalue weighted by Gasteiger charge is 2.12. The molecule has 26 heavy (non-hydrogen) atoms. The Morgan fingerprint density at radius 1 is 0.808 bits per heavy atom. The molecule has 0 aliphatic heterocycles. The molecule has 0 spiro atoms. The van der Waals surface area contributed by atoms with Gasteiger partial charge in [-0.1, -0.05) is 48.5 Å². The van der Waals surface area contributed by atoms with E-state index in [-0.39, 0.29) is 0 Å². The number of nitrogens with one attached hydrogen (secondary N) is 1. The zero-order chi connectivity index (χ0) is 18.4. The summed E-state index contributed by atoms with van der Waals surface area (Å²) >= 11 is 0. The van der Waals surface area contributed by atoms with Crippen molar-refractivity contribution >= 4 is 17.1 Å². The van der Waals surface area contributed by atoms with Gasteiger partial charge in [-0.3, -0.25) is 0 Å². The number of aliphatic imine (C=N–C) groups is 1. The first-order valence-electron chi connectivity index (χ1n) is 8.94. The summed E-state index contributed by atoms with van der Waals surface area (Å²) in [5.41, 5.74) is 13.3. The van der Waals surface area contributed by atoms with Crippen LogP contribution in [0.25, 0.3) is 0 Å². The lowest BCUT2D eigenvalue weighted by molar-refractivity contribution is 1.02. The van der Waals surface area contributed by atoms with Crippen molar-refractivity contribution in [2.45, 2.75) is 13.8 Å². The number of aryl methyl sites for hydroxylation is 2. The monoisotopic (exact) mass is 343 g/mol. The number of rotatable bonds is 6. The average Bonchev–Trinajstić information content (AvgIpc) is 2.67. The Morgan fingerprint density at radius 2 is 1.35 bits per heavy atom. The standard InChI is InChI=1S/C23H25N3/c1-17-7-3-5-9-21(17)23(22-10-6-4-8-18(22)2)26-20-13-11-19(12-14-20)25-16-15-24/h3-14,25H,15-16,24H2,1-2H3. The second kappa shape index (κ2) is 8.45. The van der Waals surface area contributed by atoms with Gasteiger partial charge in [0.15, 0.2) is 0 Å². The van der Waals surface area contributed by atoms with E-state index in [9.17, 15) is 0 Å². The molecule has 3 N–H and O–H groups in total. The molecule has 3 rings (SSSR count). The Kier molecular flexibility index (Phi) is 5.82. The summed E-state index contributed by atoms with van der Waals surface area (Å²) in [5.74, 6) is 0. The van der Waals surface area contributed by atoms with Crippen molar-refractivity contribution in [2.24, 2.45) is 10.7 Å². The van der Waals surface area contributed by atoms with Gasteiger partial charge in [-0.15, -0.1) is 0 Å². The van der Waals surface area contributed by atoms with Crippen LogP contribution in [0.3, 0.4) is 0 Å². The second-order valence-corrected chi connectivity index (χ2v) is 6.35. The molecule has 0 saturated heterocycles. The third-order valence-electron chi connectivity index (χ3n) is 4.38. The van der Waals surface area contributed by atoms with Crippen LogP contribution in [-0.2, 0) is 0 Å². The van der Waals surface area contributed by atoms with Crippen molar-refractivity contribution in [3.05, 3.63) is 95.1 Å². The molecule has 0 fully saturated rings. The number of hydrogen-bond donors (Lipinski definition) is 2. The summed E-state index contributed by atoms with van der Waals surface area (Å²) in [7, 11) is 0. The molecule has 0 heterocycles. The van der Waals surface area contributed by atoms with Gasteiger partial charge >= 0.3 is 0 Å². The Hall–Kier alpha value is -2.91. The van der Waals surface area contributed by atoms with Gasteiger partial charge in [-0.25, -0.2) is 4.99 Å². The van der Waals surface area contributed by atoms with E-state index in [0.717, 1.165) is 34.8 Å². The summed E-state index contributed by atoms with van der Waals surface area (Å²) < 4.78 is 0. The lowest BCUT2D eigenvalue weighted by Crippen LogP contribution is -2.12. The number of nitrogens with two attached hydrogens (primary N) is 1. The minimum absolute atomic E-state index is 0.616. The normalized spacial score (nSPS) is 10.4. The fourth-order valence-corrected chi connectivity index (χ4v) is 2.94. The van der Waals surface area contributed by atoms with Gasteiger partial charge in [0.1, 0.15) is 0 Å². The van der Waals surface area contributed by atoms with Crippen LogP contribution in [0.2, 0.25) is 0 Å². The Morgan fingerprint density at radius 3 is 1.85 bits per heavy atom. The quantitative estimate of drug-likeness (QED) is 0.629. The van der Waals surface area contributed by atoms with Crippen LogP contribution in [0.15, 0.2) is 77.8 Å². The Labute approximate surface area is 155 Å². The van der Waals surface area contributed by atoms with Crippen LogP contribution < -0.4 is 11.1 Å². The fourth-order valence-electron chi connectivity index (χ4n) is 2.94. The first-order chi connectivity index (χ1) is 12.7. The van der Waals surface area contributed by atoms with Crippen molar-refractivity contribution in [2.75, 3.05) is 18.4 Å². The average molecular weight is 343 g/mol. The topological polar surface area (TPSA) is 50.4 Å². The van der Waals surface area contributed by atoms with Gasteiger partial charge in [0, 0.05) is 29.9 Å². The number of benzene rings is 3. The molecule has 0 bridgehead atoms. The molecule has 0 aliphatic rings. The lowest BCUT2D eigenvalue weighted by atomic mass is 9.95. The third kappa shape index (κ3) is 4.19. The molecule has 3 aromatic rings. The molecule has 0 aliphatic carbocycles. The van der Waals surface area contributed by atoms with Crippen LogP contribution in [0.1, 0.15) is 22.3 Å². The van der Waals surface area contributed by atoms with Crippen molar-refractivity contribution in [1.82, 2.24) is 0 Å². The molecule has 0 aromatic heterocycles. The highest BCUT2D eigenvalue weighted by molar-refractivity contribution is 6.15. The maximum atomic E-state index is 5.54. The van der Waals surface area contributed by atoms with E-state index in [1.807, 2.05) is 24.3 Å². The zero-order valence-electron chi connectivity index (χ0n) is 15.4. The zero-order valence-corrected chi connectivity index (χ0v) is 15.4. The summed E-state index contributed by atoms with van der Waals surface area (Å²) in [6.45, 7) is 5.64. The van der Waals surface area contributed by atoms with E-state index in [1.165, 1.54) is 11.1 Å². The van der Waals surface area contributed by atoms with Crippen molar-refractivity contribution in [1.29, 1.82) is 0 Å². The maximum absolute atomic E-state index is 5.54. The van der Waals surface area contributed by atoms with Gasteiger partial charge in [0.05, 0.1) is 11.4 Å². The second-order valence-electron chi connectivity index (χ2n) is 6.35. The molecule has 0 saturated carbocycles. The van der Waals surface area contributed by atoms with E-state index in [0.29, 0.717) is 6.54 Å². The number of nitrogens with zero attached hydrogens (tertiary/aromatic N) is 1. The minimum atomic E-state index is 0.616. The molecule has 0 atom stereocenters. The van der Waals surface area contributed by atoms with E-state index in [1.54, 1.807) is 0 Å². The third-order valence-corrected chi connectivity index (χ3v) is 4.38. The highest BCUT2D eigenvalue weighted by atomic mass is 14.9. The van der Waals surface area contributed by atoms with Gasteiger partial charge in [0.2, 0.25) is 0 Å². The van der Waals surface area contributed by atoms with Crippen molar-refractivity contribution < 1.29 is 0 Å². The summed E-state index contributed by atoms with van der Waals surface area (Å²) in [5, 5.41) is 3.28. The maximum Gasteiger partial charge on any atom is 0.0786 e. The molecule has 132 valence electrons. The van der Waals surface area contributed by atoms with E-state index in [2.05, 4.69) is 67.7 Å². The van der Waals surface area contributed by atoms with Crippen molar-refractivity contribution in [3.8, 4) is 0 Å². The first kappa shape index (κ1) is 17.9. The lowest BCUT2D eigenvalue weighted by Gasteiger charge is -2.13. The fraction of sp³-hybridized carbons (Fsp3) is 0.174. The highest BCUT2D eigenvalue weighted by Crippen LogP contribution is 2.23. The molecular formula is C23H25N3. The van der Waals surface area contributed by atoms with Crippen LogP contribution in [-0.4, -0.2) is 18.8 Å². The predicted molar refractivity (Wildman–Crippen MR) is 112 cm³/mol. The van der Waals surface area contributed by atoms with Gasteiger partial charge in [-0.2, -0.15) is 0 Å². The van der Waals surface area contributed by atoms with E-state index >= 15 is 0 Å². The minimum Gasteiger partial charge on any atom is -0.384 e. The molecule has 0 unspecified atom stereocenters. The number of hydrogen-bond acceptors (Lipinski definition) is 3. The summed E-state index contributed by atoms with van der Waals surface area (Å²) in [6, 6.07) is 24.9. The van der Waals surface area contributed by atoms with Crippen LogP contribution in [0, 0.1) is 13.8 Å². The van der Waals surface area contributed by atoms with E-state index < -0.39 is 0 Å². The van der Waals surface area contributed by atoms with Crippen LogP contribution >= 0.6 is 0 Å². The summed E-state index contributed by atoms with van der Waals surface area (Å²) in [6.07, 6.45) is 0. The summed E-state index contributed by atoms with van der Waals surface area (Å²) in [4.78, 5) is 5.01.